The molecule has 1 N–H and O–H groups in total. The summed E-state index contributed by atoms with van der Waals surface area (Å²) in [6.45, 7) is 0.184. The minimum Gasteiger partial charge on any atom is -0.359 e. The highest BCUT2D eigenvalue weighted by Crippen LogP contribution is 2.22. The van der Waals surface area contributed by atoms with Crippen LogP contribution in [0.3, 0.4) is 0 Å². The maximum Gasteiger partial charge on any atom is 0.251 e. The molecule has 4 nitrogen and oxygen atoms in total. The summed E-state index contributed by atoms with van der Waals surface area (Å²) < 4.78 is 18.0. The van der Waals surface area contributed by atoms with Crippen LogP contribution in [0.25, 0.3) is 11.3 Å². The summed E-state index contributed by atoms with van der Waals surface area (Å²) in [6, 6.07) is 14.3. The van der Waals surface area contributed by atoms with Crippen molar-refractivity contribution < 1.29 is 13.7 Å². The second-order valence-corrected chi connectivity index (χ2v) is 5.31. The second-order valence-electron chi connectivity index (χ2n) is 4.88. The fraction of sp³-hybridized carbons (Fsp3) is 0.0588. The third-order valence-corrected chi connectivity index (χ3v) is 3.44. The molecule has 0 fully saturated rings. The Morgan fingerprint density at radius 3 is 2.70 bits per heavy atom. The Labute approximate surface area is 136 Å². The molecule has 0 saturated carbocycles. The van der Waals surface area contributed by atoms with Crippen molar-refractivity contribution >= 4 is 17.5 Å². The average Bonchev–Trinajstić information content (AvgIpc) is 3.02. The lowest BCUT2D eigenvalue weighted by Crippen LogP contribution is -2.22. The standard InChI is InChI=1S/C17H12ClFN2O2/c18-13-3-1-2-12(8-13)16-9-15(23-21-16)10-20-17(22)11-4-6-14(19)7-5-11/h1-9H,10H2,(H,20,22). The van der Waals surface area contributed by atoms with Crippen LogP contribution in [0.5, 0.6) is 0 Å². The highest BCUT2D eigenvalue weighted by Gasteiger charge is 2.10. The third kappa shape index (κ3) is 3.76. The zero-order valence-electron chi connectivity index (χ0n) is 11.9. The third-order valence-electron chi connectivity index (χ3n) is 3.21. The molecule has 0 radical (unpaired) electrons. The van der Waals surface area contributed by atoms with Crippen molar-refractivity contribution in [3.05, 3.63) is 76.8 Å². The SMILES string of the molecule is O=C(NCc1cc(-c2cccc(Cl)c2)no1)c1ccc(F)cc1. The highest BCUT2D eigenvalue weighted by molar-refractivity contribution is 6.30. The molecule has 0 spiro atoms. The van der Waals surface area contributed by atoms with E-state index in [4.69, 9.17) is 16.1 Å². The monoisotopic (exact) mass is 330 g/mol. The summed E-state index contributed by atoms with van der Waals surface area (Å²) in [7, 11) is 0. The normalized spacial score (nSPS) is 10.5. The van der Waals surface area contributed by atoms with Gasteiger partial charge in [0.05, 0.1) is 6.54 Å². The molecule has 2 aromatic carbocycles. The van der Waals surface area contributed by atoms with Gasteiger partial charge in [-0.05, 0) is 36.4 Å². The first kappa shape index (κ1) is 15.2. The molecule has 23 heavy (non-hydrogen) atoms. The molecule has 0 atom stereocenters. The molecule has 1 amide bonds. The fourth-order valence-corrected chi connectivity index (χ4v) is 2.24. The number of benzene rings is 2. The van der Waals surface area contributed by atoms with Gasteiger partial charge in [-0.2, -0.15) is 0 Å². The summed E-state index contributed by atoms with van der Waals surface area (Å²) in [5, 5.41) is 7.25. The first-order valence-corrected chi connectivity index (χ1v) is 7.25. The van der Waals surface area contributed by atoms with E-state index >= 15 is 0 Å². The number of halogens is 2. The summed E-state index contributed by atoms with van der Waals surface area (Å²) >= 11 is 5.94. The van der Waals surface area contributed by atoms with Crippen LogP contribution in [0.1, 0.15) is 16.1 Å². The van der Waals surface area contributed by atoms with Crippen LogP contribution < -0.4 is 5.32 Å². The van der Waals surface area contributed by atoms with Crippen molar-refractivity contribution in [3.8, 4) is 11.3 Å². The highest BCUT2D eigenvalue weighted by atomic mass is 35.5. The molecule has 0 saturated heterocycles. The number of rotatable bonds is 4. The Balaban J connectivity index is 1.65. The smallest absolute Gasteiger partial charge is 0.251 e. The number of nitrogens with zero attached hydrogens (tertiary/aromatic N) is 1. The number of amides is 1. The van der Waals surface area contributed by atoms with Gasteiger partial charge in [-0.25, -0.2) is 4.39 Å². The minimum absolute atomic E-state index is 0.184. The van der Waals surface area contributed by atoms with Crippen LogP contribution in [-0.4, -0.2) is 11.1 Å². The first-order valence-electron chi connectivity index (χ1n) is 6.87. The van der Waals surface area contributed by atoms with E-state index in [0.717, 1.165) is 5.56 Å². The van der Waals surface area contributed by atoms with Crippen LogP contribution in [0.15, 0.2) is 59.1 Å². The molecule has 0 bridgehead atoms. The molecule has 0 aliphatic carbocycles. The van der Waals surface area contributed by atoms with E-state index in [1.165, 1.54) is 24.3 Å². The Bertz CT molecular complexity index is 831. The Kier molecular flexibility index (Phi) is 4.39. The molecule has 116 valence electrons. The number of carbonyl (C=O) groups excluding carboxylic acids is 1. The maximum atomic E-state index is 12.8. The van der Waals surface area contributed by atoms with Crippen LogP contribution in [0, 0.1) is 5.82 Å². The van der Waals surface area contributed by atoms with Crippen LogP contribution >= 0.6 is 11.6 Å². The van der Waals surface area contributed by atoms with Gasteiger partial charge in [-0.15, -0.1) is 0 Å². The molecule has 3 rings (SSSR count). The van der Waals surface area contributed by atoms with Crippen LogP contribution in [0.4, 0.5) is 4.39 Å². The van der Waals surface area contributed by atoms with Crippen molar-refractivity contribution in [2.24, 2.45) is 0 Å². The van der Waals surface area contributed by atoms with Gasteiger partial charge in [0, 0.05) is 22.2 Å². The topological polar surface area (TPSA) is 55.1 Å². The molecule has 1 heterocycles. The van der Waals surface area contributed by atoms with E-state index < -0.39 is 0 Å². The number of aromatic nitrogens is 1. The molecule has 0 aliphatic heterocycles. The van der Waals surface area contributed by atoms with Gasteiger partial charge in [0.1, 0.15) is 11.5 Å². The lowest BCUT2D eigenvalue weighted by atomic mass is 10.1. The average molecular weight is 331 g/mol. The first-order chi connectivity index (χ1) is 11.1. The Morgan fingerprint density at radius 1 is 1.17 bits per heavy atom. The minimum atomic E-state index is -0.386. The van der Waals surface area contributed by atoms with Gasteiger partial charge < -0.3 is 9.84 Å². The predicted molar refractivity (Wildman–Crippen MR) is 84.5 cm³/mol. The van der Waals surface area contributed by atoms with Crippen LogP contribution in [-0.2, 0) is 6.54 Å². The molecular formula is C17H12ClFN2O2. The lowest BCUT2D eigenvalue weighted by molar-refractivity contribution is 0.0947. The second kappa shape index (κ2) is 6.62. The molecule has 6 heteroatoms. The van der Waals surface area contributed by atoms with E-state index in [1.54, 1.807) is 18.2 Å². The van der Waals surface area contributed by atoms with Crippen molar-refractivity contribution in [2.75, 3.05) is 0 Å². The fourth-order valence-electron chi connectivity index (χ4n) is 2.05. The molecular weight excluding hydrogens is 319 g/mol. The number of hydrogen-bond acceptors (Lipinski definition) is 3. The van der Waals surface area contributed by atoms with E-state index in [2.05, 4.69) is 10.5 Å². The lowest BCUT2D eigenvalue weighted by Gasteiger charge is -2.02. The van der Waals surface area contributed by atoms with Crippen molar-refractivity contribution in [3.63, 3.8) is 0 Å². The van der Waals surface area contributed by atoms with Crippen molar-refractivity contribution in [1.82, 2.24) is 10.5 Å². The van der Waals surface area contributed by atoms with Crippen LogP contribution in [0.2, 0.25) is 5.02 Å². The van der Waals surface area contributed by atoms with E-state index in [1.807, 2.05) is 12.1 Å². The predicted octanol–water partition coefficient (Wildman–Crippen LogP) is 4.06. The molecule has 1 aromatic heterocycles. The van der Waals surface area contributed by atoms with Gasteiger partial charge in [-0.3, -0.25) is 4.79 Å². The van der Waals surface area contributed by atoms with Crippen molar-refractivity contribution in [1.29, 1.82) is 0 Å². The van der Waals surface area contributed by atoms with Gasteiger partial charge in [0.15, 0.2) is 5.76 Å². The molecule has 3 aromatic rings. The summed E-state index contributed by atoms with van der Waals surface area (Å²) in [5.41, 5.74) is 1.84. The quantitative estimate of drug-likeness (QED) is 0.784. The Morgan fingerprint density at radius 2 is 1.96 bits per heavy atom. The van der Waals surface area contributed by atoms with Gasteiger partial charge >= 0.3 is 0 Å². The number of nitrogens with one attached hydrogen (secondary N) is 1. The molecule has 0 unspecified atom stereocenters. The Hall–Kier alpha value is -2.66. The summed E-state index contributed by atoms with van der Waals surface area (Å²) in [4.78, 5) is 11.9. The van der Waals surface area contributed by atoms with Crippen molar-refractivity contribution in [2.45, 2.75) is 6.54 Å². The van der Waals surface area contributed by atoms with Gasteiger partial charge in [0.2, 0.25) is 0 Å². The van der Waals surface area contributed by atoms with Gasteiger partial charge in [0.25, 0.3) is 5.91 Å². The largest absolute Gasteiger partial charge is 0.359 e. The molecule has 0 aliphatic rings. The van der Waals surface area contributed by atoms with Gasteiger partial charge in [-0.1, -0.05) is 28.9 Å². The van der Waals surface area contributed by atoms with E-state index in [9.17, 15) is 9.18 Å². The van der Waals surface area contributed by atoms with E-state index in [-0.39, 0.29) is 18.3 Å². The van der Waals surface area contributed by atoms with E-state index in [0.29, 0.717) is 22.0 Å². The summed E-state index contributed by atoms with van der Waals surface area (Å²) in [5.74, 6) is -0.191. The zero-order valence-corrected chi connectivity index (χ0v) is 12.7. The maximum absolute atomic E-state index is 12.8. The summed E-state index contributed by atoms with van der Waals surface area (Å²) in [6.07, 6.45) is 0. The zero-order chi connectivity index (χ0) is 16.2. The number of hydrogen-bond donors (Lipinski definition) is 1. The number of carbonyl (C=O) groups is 1.